The molecule has 3 atom stereocenters. The minimum Gasteiger partial charge on any atom is -0.341 e. The van der Waals surface area contributed by atoms with Crippen LogP contribution in [0.4, 0.5) is 0 Å². The summed E-state index contributed by atoms with van der Waals surface area (Å²) >= 11 is 3.29. The van der Waals surface area contributed by atoms with Gasteiger partial charge in [-0.1, -0.05) is 25.6 Å². The lowest BCUT2D eigenvalue weighted by atomic mass is 9.92. The summed E-state index contributed by atoms with van der Waals surface area (Å²) in [5, 5.41) is 1.94. The lowest BCUT2D eigenvalue weighted by Gasteiger charge is -2.36. The van der Waals surface area contributed by atoms with Crippen LogP contribution in [-0.2, 0) is 4.79 Å². The Balaban J connectivity index is 1.84. The molecular formula is C19H27N3OS2. The number of piperidine rings is 1. The number of aromatic nitrogens is 2. The van der Waals surface area contributed by atoms with E-state index in [1.165, 1.54) is 16.9 Å². The van der Waals surface area contributed by atoms with Crippen LogP contribution in [-0.4, -0.2) is 39.1 Å². The molecule has 1 fully saturated rings. The first-order valence-electron chi connectivity index (χ1n) is 8.96. The molecule has 1 saturated heterocycles. The summed E-state index contributed by atoms with van der Waals surface area (Å²) in [5.41, 5.74) is 1.24. The number of nitrogens with zero attached hydrogens (tertiary/aromatic N) is 3. The Hall–Kier alpha value is -1.14. The van der Waals surface area contributed by atoms with Crippen molar-refractivity contribution in [2.75, 3.05) is 13.1 Å². The van der Waals surface area contributed by atoms with E-state index in [9.17, 15) is 4.79 Å². The Bertz CT molecular complexity index is 792. The van der Waals surface area contributed by atoms with Crippen LogP contribution in [0.1, 0.15) is 43.5 Å². The number of carbonyl (C=O) groups is 1. The Kier molecular flexibility index (Phi) is 5.40. The molecule has 0 radical (unpaired) electrons. The fourth-order valence-corrected chi connectivity index (χ4v) is 5.99. The van der Waals surface area contributed by atoms with E-state index in [2.05, 4.69) is 37.7 Å². The van der Waals surface area contributed by atoms with Crippen LogP contribution in [0.15, 0.2) is 5.03 Å². The molecule has 3 heterocycles. The largest absolute Gasteiger partial charge is 0.341 e. The van der Waals surface area contributed by atoms with Crippen molar-refractivity contribution < 1.29 is 4.79 Å². The molecule has 0 spiro atoms. The van der Waals surface area contributed by atoms with Crippen molar-refractivity contribution in [3.8, 4) is 0 Å². The van der Waals surface area contributed by atoms with Gasteiger partial charge in [0.1, 0.15) is 15.7 Å². The van der Waals surface area contributed by atoms with E-state index in [0.717, 1.165) is 34.2 Å². The number of amides is 1. The van der Waals surface area contributed by atoms with E-state index in [1.807, 2.05) is 18.7 Å². The summed E-state index contributed by atoms with van der Waals surface area (Å²) < 4.78 is 0. The minimum absolute atomic E-state index is 0.130. The lowest BCUT2D eigenvalue weighted by molar-refractivity contribution is -0.132. The number of hydrogen-bond acceptors (Lipinski definition) is 5. The standard InChI is InChI=1S/C19H27N3OS2/c1-10-7-11(2)9-22(8-10)19(23)14(5)25-18-16-12(3)13(4)24-17(16)20-15(6)21-18/h10-11,14H,7-9H2,1-6H3/t10-,11-,14-/m1/s1. The van der Waals surface area contributed by atoms with Crippen molar-refractivity contribution in [2.24, 2.45) is 11.8 Å². The molecule has 6 heteroatoms. The Morgan fingerprint density at radius 1 is 1.20 bits per heavy atom. The Morgan fingerprint density at radius 3 is 2.48 bits per heavy atom. The smallest absolute Gasteiger partial charge is 0.235 e. The molecule has 1 amide bonds. The summed E-state index contributed by atoms with van der Waals surface area (Å²) in [4.78, 5) is 26.6. The molecular weight excluding hydrogens is 350 g/mol. The van der Waals surface area contributed by atoms with Crippen LogP contribution in [0.5, 0.6) is 0 Å². The van der Waals surface area contributed by atoms with Crippen molar-refractivity contribution in [2.45, 2.75) is 58.2 Å². The number of hydrogen-bond donors (Lipinski definition) is 0. The summed E-state index contributed by atoms with van der Waals surface area (Å²) in [5.74, 6) is 2.17. The molecule has 2 aromatic rings. The van der Waals surface area contributed by atoms with Gasteiger partial charge in [0, 0.05) is 23.4 Å². The molecule has 1 aliphatic heterocycles. The maximum Gasteiger partial charge on any atom is 0.235 e. The molecule has 136 valence electrons. The molecule has 0 aliphatic carbocycles. The van der Waals surface area contributed by atoms with Crippen molar-refractivity contribution in [3.05, 3.63) is 16.3 Å². The predicted octanol–water partition coefficient (Wildman–Crippen LogP) is 4.60. The SMILES string of the molecule is Cc1nc(S[C@H](C)C(=O)N2C[C@H](C)C[C@@H](C)C2)c2c(C)c(C)sc2n1. The zero-order valence-corrected chi connectivity index (χ0v) is 17.6. The first-order chi connectivity index (χ1) is 11.8. The molecule has 0 saturated carbocycles. The number of likely N-dealkylation sites (tertiary alicyclic amines) is 1. The van der Waals surface area contributed by atoms with Crippen LogP contribution in [0.25, 0.3) is 10.2 Å². The zero-order valence-electron chi connectivity index (χ0n) is 15.9. The molecule has 3 rings (SSSR count). The van der Waals surface area contributed by atoms with E-state index in [0.29, 0.717) is 11.8 Å². The van der Waals surface area contributed by atoms with Gasteiger partial charge >= 0.3 is 0 Å². The number of rotatable bonds is 3. The quantitative estimate of drug-likeness (QED) is 0.579. The van der Waals surface area contributed by atoms with E-state index >= 15 is 0 Å². The lowest BCUT2D eigenvalue weighted by Crippen LogP contribution is -2.45. The van der Waals surface area contributed by atoms with Gasteiger partial charge in [-0.3, -0.25) is 4.79 Å². The van der Waals surface area contributed by atoms with E-state index < -0.39 is 0 Å². The van der Waals surface area contributed by atoms with Crippen LogP contribution in [0.2, 0.25) is 0 Å². The van der Waals surface area contributed by atoms with Gasteiger partial charge in [-0.05, 0) is 51.5 Å². The molecule has 0 unspecified atom stereocenters. The predicted molar refractivity (Wildman–Crippen MR) is 106 cm³/mol. The first-order valence-corrected chi connectivity index (χ1v) is 10.7. The van der Waals surface area contributed by atoms with Crippen LogP contribution in [0, 0.1) is 32.6 Å². The molecule has 0 bridgehead atoms. The fraction of sp³-hybridized carbons (Fsp3) is 0.632. The van der Waals surface area contributed by atoms with Gasteiger partial charge in [0.25, 0.3) is 0 Å². The summed E-state index contributed by atoms with van der Waals surface area (Å²) in [6, 6.07) is 0. The van der Waals surface area contributed by atoms with Gasteiger partial charge in [0.2, 0.25) is 5.91 Å². The molecule has 0 aromatic carbocycles. The van der Waals surface area contributed by atoms with Gasteiger partial charge in [0.05, 0.1) is 5.25 Å². The van der Waals surface area contributed by atoms with E-state index in [4.69, 9.17) is 0 Å². The third kappa shape index (κ3) is 3.85. The third-order valence-corrected chi connectivity index (χ3v) is 7.10. The van der Waals surface area contributed by atoms with Crippen molar-refractivity contribution in [1.29, 1.82) is 0 Å². The molecule has 0 N–H and O–H groups in total. The number of carbonyl (C=O) groups excluding carboxylic acids is 1. The second kappa shape index (κ2) is 7.23. The summed E-state index contributed by atoms with van der Waals surface area (Å²) in [6.07, 6.45) is 1.21. The van der Waals surface area contributed by atoms with Crippen LogP contribution < -0.4 is 0 Å². The second-order valence-electron chi connectivity index (χ2n) is 7.49. The van der Waals surface area contributed by atoms with Crippen LogP contribution in [0.3, 0.4) is 0 Å². The van der Waals surface area contributed by atoms with Crippen LogP contribution >= 0.6 is 23.1 Å². The zero-order chi connectivity index (χ0) is 18.3. The molecule has 1 aliphatic rings. The van der Waals surface area contributed by atoms with Gasteiger partial charge in [-0.15, -0.1) is 11.3 Å². The van der Waals surface area contributed by atoms with E-state index in [1.54, 1.807) is 23.1 Å². The monoisotopic (exact) mass is 377 g/mol. The minimum atomic E-state index is -0.130. The maximum atomic E-state index is 13.0. The number of thiophene rings is 1. The molecule has 4 nitrogen and oxygen atoms in total. The first kappa shape index (κ1) is 18.6. The average molecular weight is 378 g/mol. The Morgan fingerprint density at radius 2 is 1.84 bits per heavy atom. The number of thioether (sulfide) groups is 1. The highest BCUT2D eigenvalue weighted by Crippen LogP contribution is 2.37. The fourth-order valence-electron chi connectivity index (χ4n) is 3.72. The number of aryl methyl sites for hydroxylation is 3. The van der Waals surface area contributed by atoms with Crippen molar-refractivity contribution in [1.82, 2.24) is 14.9 Å². The van der Waals surface area contributed by atoms with E-state index in [-0.39, 0.29) is 11.2 Å². The second-order valence-corrected chi connectivity index (χ2v) is 10.0. The molecule has 2 aromatic heterocycles. The van der Waals surface area contributed by atoms with Crippen molar-refractivity contribution >= 4 is 39.2 Å². The highest BCUT2D eigenvalue weighted by molar-refractivity contribution is 8.00. The third-order valence-electron chi connectivity index (χ3n) is 4.92. The molecule has 25 heavy (non-hydrogen) atoms. The highest BCUT2D eigenvalue weighted by atomic mass is 32.2. The van der Waals surface area contributed by atoms with Gasteiger partial charge in [-0.2, -0.15) is 0 Å². The van der Waals surface area contributed by atoms with Gasteiger partial charge < -0.3 is 4.90 Å². The number of fused-ring (bicyclic) bond motifs is 1. The summed E-state index contributed by atoms with van der Waals surface area (Å²) in [6.45, 7) is 14.4. The average Bonchev–Trinajstić information content (AvgIpc) is 2.79. The highest BCUT2D eigenvalue weighted by Gasteiger charge is 2.29. The van der Waals surface area contributed by atoms with Crippen molar-refractivity contribution in [3.63, 3.8) is 0 Å². The topological polar surface area (TPSA) is 46.1 Å². The van der Waals surface area contributed by atoms with Gasteiger partial charge in [0.15, 0.2) is 0 Å². The normalized spacial score (nSPS) is 22.4. The summed E-state index contributed by atoms with van der Waals surface area (Å²) in [7, 11) is 0. The van der Waals surface area contributed by atoms with Gasteiger partial charge in [-0.25, -0.2) is 9.97 Å². The maximum absolute atomic E-state index is 13.0. The Labute approximate surface area is 158 Å².